The molecule has 0 N–H and O–H groups in total. The first-order valence-corrected chi connectivity index (χ1v) is 5.43. The Labute approximate surface area is 98.1 Å². The van der Waals surface area contributed by atoms with Crippen LogP contribution in [-0.2, 0) is 0 Å². The molecule has 1 aromatic carbocycles. The zero-order valence-electron chi connectivity index (χ0n) is 8.79. The van der Waals surface area contributed by atoms with E-state index in [1.807, 2.05) is 32.1 Å². The van der Waals surface area contributed by atoms with E-state index in [4.69, 9.17) is 4.74 Å². The lowest BCUT2D eigenvalue weighted by Crippen LogP contribution is -1.95. The molecule has 0 bridgehead atoms. The summed E-state index contributed by atoms with van der Waals surface area (Å²) in [5, 5.41) is 0. The maximum absolute atomic E-state index is 10.7. The number of halogens is 1. The summed E-state index contributed by atoms with van der Waals surface area (Å²) in [6.45, 7) is 4.56. The van der Waals surface area contributed by atoms with Crippen molar-refractivity contribution >= 4 is 22.2 Å². The molecule has 0 amide bonds. The number of rotatable bonds is 4. The van der Waals surface area contributed by atoms with E-state index in [1.54, 1.807) is 6.07 Å². The van der Waals surface area contributed by atoms with Crippen LogP contribution in [0.5, 0.6) is 5.75 Å². The third-order valence-electron chi connectivity index (χ3n) is 1.84. The first-order valence-electron chi connectivity index (χ1n) is 4.64. The number of carbonyl (C=O) groups is 1. The van der Waals surface area contributed by atoms with Crippen LogP contribution in [0.2, 0.25) is 0 Å². The van der Waals surface area contributed by atoms with E-state index in [1.165, 1.54) is 5.57 Å². The molecule has 0 fully saturated rings. The first kappa shape index (κ1) is 12.0. The van der Waals surface area contributed by atoms with Crippen LogP contribution in [0.25, 0.3) is 0 Å². The van der Waals surface area contributed by atoms with E-state index >= 15 is 0 Å². The molecule has 0 aliphatic heterocycles. The van der Waals surface area contributed by atoms with Gasteiger partial charge in [0.1, 0.15) is 12.4 Å². The maximum Gasteiger partial charge on any atom is 0.151 e. The molecule has 0 aliphatic carbocycles. The molecule has 0 spiro atoms. The van der Waals surface area contributed by atoms with E-state index in [-0.39, 0.29) is 0 Å². The highest BCUT2D eigenvalue weighted by Crippen LogP contribution is 2.21. The van der Waals surface area contributed by atoms with E-state index in [0.29, 0.717) is 17.9 Å². The summed E-state index contributed by atoms with van der Waals surface area (Å²) in [5.41, 5.74) is 1.81. The molecule has 0 aliphatic rings. The van der Waals surface area contributed by atoms with Crippen LogP contribution in [0.15, 0.2) is 34.3 Å². The molecule has 3 heteroatoms. The predicted molar refractivity (Wildman–Crippen MR) is 64.5 cm³/mol. The highest BCUT2D eigenvalue weighted by molar-refractivity contribution is 9.10. The van der Waals surface area contributed by atoms with Gasteiger partial charge in [0.25, 0.3) is 0 Å². The van der Waals surface area contributed by atoms with Crippen molar-refractivity contribution in [2.45, 2.75) is 13.8 Å². The van der Waals surface area contributed by atoms with Crippen molar-refractivity contribution in [3.63, 3.8) is 0 Å². The van der Waals surface area contributed by atoms with E-state index in [0.717, 1.165) is 10.8 Å². The van der Waals surface area contributed by atoms with Gasteiger partial charge < -0.3 is 4.74 Å². The predicted octanol–water partition coefficient (Wildman–Crippen LogP) is 3.61. The third-order valence-corrected chi connectivity index (χ3v) is 2.56. The lowest BCUT2D eigenvalue weighted by Gasteiger charge is -2.05. The fourth-order valence-electron chi connectivity index (χ4n) is 1.01. The van der Waals surface area contributed by atoms with Crippen molar-refractivity contribution < 1.29 is 9.53 Å². The normalized spacial score (nSPS) is 9.53. The molecule has 0 unspecified atom stereocenters. The molecule has 0 saturated carbocycles. The number of allylic oxidation sites excluding steroid dienone is 1. The van der Waals surface area contributed by atoms with Gasteiger partial charge in [-0.15, -0.1) is 0 Å². The topological polar surface area (TPSA) is 26.3 Å². The zero-order valence-corrected chi connectivity index (χ0v) is 10.4. The molecule has 0 atom stereocenters. The minimum atomic E-state index is 0.530. The Bertz CT molecular complexity index is 379. The average molecular weight is 269 g/mol. The van der Waals surface area contributed by atoms with Crippen molar-refractivity contribution in [1.29, 1.82) is 0 Å². The number of benzene rings is 1. The van der Waals surface area contributed by atoms with Gasteiger partial charge in [-0.2, -0.15) is 0 Å². The summed E-state index contributed by atoms with van der Waals surface area (Å²) >= 11 is 3.28. The quantitative estimate of drug-likeness (QED) is 0.616. The molecule has 0 heterocycles. The number of aldehydes is 1. The van der Waals surface area contributed by atoms with Crippen LogP contribution in [0.4, 0.5) is 0 Å². The minimum absolute atomic E-state index is 0.530. The van der Waals surface area contributed by atoms with Crippen LogP contribution in [0, 0.1) is 0 Å². The lowest BCUT2D eigenvalue weighted by atomic mass is 10.2. The number of hydrogen-bond acceptors (Lipinski definition) is 2. The van der Waals surface area contributed by atoms with Crippen LogP contribution in [-0.4, -0.2) is 12.9 Å². The van der Waals surface area contributed by atoms with Crippen molar-refractivity contribution in [2.75, 3.05) is 6.61 Å². The Morgan fingerprint density at radius 1 is 1.47 bits per heavy atom. The summed E-state index contributed by atoms with van der Waals surface area (Å²) in [5.74, 6) is 0.706. The van der Waals surface area contributed by atoms with Crippen LogP contribution in [0.1, 0.15) is 24.2 Å². The summed E-state index contributed by atoms with van der Waals surface area (Å²) < 4.78 is 6.24. The Morgan fingerprint density at radius 2 is 2.20 bits per heavy atom. The second kappa shape index (κ2) is 5.71. The van der Waals surface area contributed by atoms with Crippen LogP contribution in [0.3, 0.4) is 0 Å². The second-order valence-electron chi connectivity index (χ2n) is 3.39. The van der Waals surface area contributed by atoms with Crippen molar-refractivity contribution in [3.8, 4) is 5.75 Å². The van der Waals surface area contributed by atoms with Crippen molar-refractivity contribution in [1.82, 2.24) is 0 Å². The SMILES string of the molecule is CC(C)=CCOc1ccc(Br)c(C=O)c1. The van der Waals surface area contributed by atoms with Gasteiger partial charge in [-0.1, -0.05) is 21.5 Å². The summed E-state index contributed by atoms with van der Waals surface area (Å²) in [7, 11) is 0. The van der Waals surface area contributed by atoms with Gasteiger partial charge in [-0.3, -0.25) is 4.79 Å². The van der Waals surface area contributed by atoms with Crippen molar-refractivity contribution in [2.24, 2.45) is 0 Å². The van der Waals surface area contributed by atoms with Crippen LogP contribution < -0.4 is 4.74 Å². The molecular weight excluding hydrogens is 256 g/mol. The van der Waals surface area contributed by atoms with Gasteiger partial charge in [0.05, 0.1) is 0 Å². The number of carbonyl (C=O) groups excluding carboxylic acids is 1. The maximum atomic E-state index is 10.7. The molecule has 1 aromatic rings. The molecular formula is C12H13BrO2. The van der Waals surface area contributed by atoms with Gasteiger partial charge in [-0.25, -0.2) is 0 Å². The van der Waals surface area contributed by atoms with Gasteiger partial charge in [-0.05, 0) is 38.1 Å². The molecule has 0 aromatic heterocycles. The van der Waals surface area contributed by atoms with Gasteiger partial charge in [0.2, 0.25) is 0 Å². The fourth-order valence-corrected chi connectivity index (χ4v) is 1.35. The molecule has 0 radical (unpaired) electrons. The summed E-state index contributed by atoms with van der Waals surface area (Å²) in [4.78, 5) is 10.7. The Morgan fingerprint density at radius 3 is 2.80 bits per heavy atom. The fraction of sp³-hybridized carbons (Fsp3) is 0.250. The Hall–Kier alpha value is -1.09. The third kappa shape index (κ3) is 3.88. The standard InChI is InChI=1S/C12H13BrO2/c1-9(2)5-6-15-11-3-4-12(13)10(7-11)8-14/h3-5,7-8H,6H2,1-2H3. The summed E-state index contributed by atoms with van der Waals surface area (Å²) in [6, 6.07) is 5.35. The Balaban J connectivity index is 2.70. The van der Waals surface area contributed by atoms with E-state index in [2.05, 4.69) is 15.9 Å². The number of hydrogen-bond donors (Lipinski definition) is 0. The van der Waals surface area contributed by atoms with Gasteiger partial charge in [0.15, 0.2) is 6.29 Å². The molecule has 0 saturated heterocycles. The molecule has 1 rings (SSSR count). The van der Waals surface area contributed by atoms with E-state index in [9.17, 15) is 4.79 Å². The van der Waals surface area contributed by atoms with E-state index < -0.39 is 0 Å². The molecule has 80 valence electrons. The largest absolute Gasteiger partial charge is 0.490 e. The average Bonchev–Trinajstić information content (AvgIpc) is 2.20. The van der Waals surface area contributed by atoms with Gasteiger partial charge in [0, 0.05) is 10.0 Å². The smallest absolute Gasteiger partial charge is 0.151 e. The minimum Gasteiger partial charge on any atom is -0.490 e. The second-order valence-corrected chi connectivity index (χ2v) is 4.25. The monoisotopic (exact) mass is 268 g/mol. The lowest BCUT2D eigenvalue weighted by molar-refractivity contribution is 0.112. The van der Waals surface area contributed by atoms with Crippen LogP contribution >= 0.6 is 15.9 Å². The summed E-state index contributed by atoms with van der Waals surface area (Å²) in [6.07, 6.45) is 2.79. The highest BCUT2D eigenvalue weighted by atomic mass is 79.9. The molecule has 15 heavy (non-hydrogen) atoms. The zero-order chi connectivity index (χ0) is 11.3. The van der Waals surface area contributed by atoms with Gasteiger partial charge >= 0.3 is 0 Å². The van der Waals surface area contributed by atoms with Crippen molar-refractivity contribution in [3.05, 3.63) is 39.9 Å². The number of ether oxygens (including phenoxy) is 1. The Kier molecular flexibility index (Phi) is 4.56. The highest BCUT2D eigenvalue weighted by Gasteiger charge is 2.00. The molecule has 2 nitrogen and oxygen atoms in total. The first-order chi connectivity index (χ1) is 7.13.